The molecule has 160 valence electrons. The summed E-state index contributed by atoms with van der Waals surface area (Å²) in [7, 11) is 0. The third-order valence-electron chi connectivity index (χ3n) is 4.37. The van der Waals surface area contributed by atoms with E-state index in [0.717, 1.165) is 16.9 Å². The van der Waals surface area contributed by atoms with Gasteiger partial charge in [0.15, 0.2) is 6.61 Å². The van der Waals surface area contributed by atoms with Gasteiger partial charge in [-0.15, -0.1) is 0 Å². The molecule has 0 saturated carbocycles. The number of ether oxygens (including phenoxy) is 1. The van der Waals surface area contributed by atoms with Gasteiger partial charge in [0.05, 0.1) is 11.4 Å². The molecule has 0 radical (unpaired) electrons. The second-order valence-electron chi connectivity index (χ2n) is 7.95. The second-order valence-corrected chi connectivity index (χ2v) is 8.39. The van der Waals surface area contributed by atoms with E-state index < -0.39 is 18.5 Å². The topological polar surface area (TPSA) is 73.2 Å². The van der Waals surface area contributed by atoms with Crippen LogP contribution in [0.1, 0.15) is 32.0 Å². The highest BCUT2D eigenvalue weighted by Gasteiger charge is 2.21. The molecular formula is C24H24ClN3O3. The maximum Gasteiger partial charge on any atom is 0.331 e. The Morgan fingerprint density at radius 3 is 2.42 bits per heavy atom. The van der Waals surface area contributed by atoms with Crippen LogP contribution >= 0.6 is 11.6 Å². The fourth-order valence-corrected chi connectivity index (χ4v) is 2.83. The van der Waals surface area contributed by atoms with Gasteiger partial charge in [0, 0.05) is 22.6 Å². The smallest absolute Gasteiger partial charge is 0.331 e. The van der Waals surface area contributed by atoms with Crippen molar-refractivity contribution >= 4 is 35.4 Å². The number of hydrogen-bond acceptors (Lipinski definition) is 4. The lowest BCUT2D eigenvalue weighted by atomic mass is 9.92. The average molecular weight is 438 g/mol. The molecule has 0 atom stereocenters. The number of amides is 1. The standard InChI is InChI=1S/C24H24ClN3O3/c1-24(2,3)20-15-21(28(27-20)19-7-5-4-6-8-19)26-22(29)16-31-23(30)14-11-17-9-12-18(25)13-10-17/h4-15H,16H2,1-3H3,(H,26,29)/b14-11+. The van der Waals surface area contributed by atoms with Gasteiger partial charge in [-0.3, -0.25) is 4.79 Å². The molecule has 1 heterocycles. The lowest BCUT2D eigenvalue weighted by Crippen LogP contribution is -2.21. The van der Waals surface area contributed by atoms with Crippen molar-refractivity contribution < 1.29 is 14.3 Å². The van der Waals surface area contributed by atoms with Gasteiger partial charge in [-0.1, -0.05) is 62.7 Å². The fourth-order valence-electron chi connectivity index (χ4n) is 2.70. The SMILES string of the molecule is CC(C)(C)c1cc(NC(=O)COC(=O)/C=C/c2ccc(Cl)cc2)n(-c2ccccc2)n1. The largest absolute Gasteiger partial charge is 0.452 e. The van der Waals surface area contributed by atoms with Crippen molar-refractivity contribution in [3.8, 4) is 5.69 Å². The summed E-state index contributed by atoms with van der Waals surface area (Å²) < 4.78 is 6.72. The highest BCUT2D eigenvalue weighted by atomic mass is 35.5. The van der Waals surface area contributed by atoms with Crippen molar-refractivity contribution in [3.63, 3.8) is 0 Å². The molecule has 1 amide bonds. The van der Waals surface area contributed by atoms with Gasteiger partial charge in [-0.2, -0.15) is 5.10 Å². The van der Waals surface area contributed by atoms with Crippen molar-refractivity contribution in [2.45, 2.75) is 26.2 Å². The van der Waals surface area contributed by atoms with E-state index in [2.05, 4.69) is 10.4 Å². The Kier molecular flexibility index (Phi) is 6.92. The number of nitrogens with zero attached hydrogens (tertiary/aromatic N) is 2. The van der Waals surface area contributed by atoms with Gasteiger partial charge < -0.3 is 10.1 Å². The third kappa shape index (κ3) is 6.30. The Hall–Kier alpha value is -3.38. The van der Waals surface area contributed by atoms with Crippen LogP contribution in [0.2, 0.25) is 5.02 Å². The third-order valence-corrected chi connectivity index (χ3v) is 4.63. The number of anilines is 1. The number of para-hydroxylation sites is 1. The minimum atomic E-state index is -0.614. The predicted octanol–water partition coefficient (Wildman–Crippen LogP) is 5.02. The molecule has 3 aromatic rings. The summed E-state index contributed by atoms with van der Waals surface area (Å²) >= 11 is 5.84. The van der Waals surface area contributed by atoms with E-state index in [1.807, 2.05) is 57.2 Å². The highest BCUT2D eigenvalue weighted by molar-refractivity contribution is 6.30. The van der Waals surface area contributed by atoms with Gasteiger partial charge in [0.25, 0.3) is 5.91 Å². The van der Waals surface area contributed by atoms with Crippen LogP contribution in [0.5, 0.6) is 0 Å². The van der Waals surface area contributed by atoms with Crippen molar-refractivity contribution in [1.29, 1.82) is 0 Å². The van der Waals surface area contributed by atoms with E-state index >= 15 is 0 Å². The molecule has 1 N–H and O–H groups in total. The Labute approximate surface area is 186 Å². The summed E-state index contributed by atoms with van der Waals surface area (Å²) in [5.74, 6) is -0.559. The van der Waals surface area contributed by atoms with Crippen molar-refractivity contribution in [2.24, 2.45) is 0 Å². The van der Waals surface area contributed by atoms with E-state index in [1.165, 1.54) is 6.08 Å². The molecule has 7 heteroatoms. The van der Waals surface area contributed by atoms with Gasteiger partial charge >= 0.3 is 5.97 Å². The Morgan fingerprint density at radius 1 is 1.10 bits per heavy atom. The van der Waals surface area contributed by atoms with Gasteiger partial charge in [-0.05, 0) is 35.9 Å². The molecule has 31 heavy (non-hydrogen) atoms. The second kappa shape index (κ2) is 9.62. The molecule has 0 spiro atoms. The first kappa shape index (κ1) is 22.3. The number of benzene rings is 2. The lowest BCUT2D eigenvalue weighted by Gasteiger charge is -2.14. The molecule has 6 nitrogen and oxygen atoms in total. The fraction of sp³-hybridized carbons (Fsp3) is 0.208. The number of halogens is 1. The molecule has 3 rings (SSSR count). The molecule has 1 aromatic heterocycles. The van der Waals surface area contributed by atoms with Gasteiger partial charge in [-0.25, -0.2) is 9.48 Å². The first-order chi connectivity index (χ1) is 14.7. The molecule has 0 aliphatic rings. The van der Waals surface area contributed by atoms with Gasteiger partial charge in [0.1, 0.15) is 5.82 Å². The van der Waals surface area contributed by atoms with E-state index in [9.17, 15) is 9.59 Å². The van der Waals surface area contributed by atoms with E-state index in [1.54, 1.807) is 35.0 Å². The molecule has 0 aliphatic carbocycles. The van der Waals surface area contributed by atoms with Crippen LogP contribution in [0.15, 0.2) is 66.7 Å². The van der Waals surface area contributed by atoms with Crippen LogP contribution in [-0.4, -0.2) is 28.3 Å². The first-order valence-corrected chi connectivity index (χ1v) is 10.2. The van der Waals surface area contributed by atoms with Crippen molar-refractivity contribution in [1.82, 2.24) is 9.78 Å². The maximum absolute atomic E-state index is 12.4. The zero-order valence-electron chi connectivity index (χ0n) is 17.6. The summed E-state index contributed by atoms with van der Waals surface area (Å²) in [6, 6.07) is 18.3. The minimum Gasteiger partial charge on any atom is -0.452 e. The quantitative estimate of drug-likeness (QED) is 0.434. The summed E-state index contributed by atoms with van der Waals surface area (Å²) in [6.07, 6.45) is 2.86. The van der Waals surface area contributed by atoms with E-state index in [0.29, 0.717) is 10.8 Å². The first-order valence-electron chi connectivity index (χ1n) is 9.78. The zero-order valence-corrected chi connectivity index (χ0v) is 18.4. The van der Waals surface area contributed by atoms with Crippen LogP contribution < -0.4 is 5.32 Å². The van der Waals surface area contributed by atoms with Crippen molar-refractivity contribution in [3.05, 3.63) is 83.0 Å². The maximum atomic E-state index is 12.4. The Bertz CT molecular complexity index is 1080. The molecule has 2 aromatic carbocycles. The summed E-state index contributed by atoms with van der Waals surface area (Å²) in [5.41, 5.74) is 2.25. The number of hydrogen-bond donors (Lipinski definition) is 1. The predicted molar refractivity (Wildman–Crippen MR) is 122 cm³/mol. The van der Waals surface area contributed by atoms with Crippen LogP contribution in [0, 0.1) is 0 Å². The number of aromatic nitrogens is 2. The number of esters is 1. The van der Waals surface area contributed by atoms with E-state index in [-0.39, 0.29) is 5.41 Å². The molecule has 0 saturated heterocycles. The summed E-state index contributed by atoms with van der Waals surface area (Å²) in [5, 5.41) is 8.04. The van der Waals surface area contributed by atoms with E-state index in [4.69, 9.17) is 16.3 Å². The molecular weight excluding hydrogens is 414 g/mol. The molecule has 0 bridgehead atoms. The molecule has 0 unspecified atom stereocenters. The Morgan fingerprint density at radius 2 is 1.77 bits per heavy atom. The number of nitrogens with one attached hydrogen (secondary N) is 1. The van der Waals surface area contributed by atoms with Crippen LogP contribution in [0.3, 0.4) is 0 Å². The summed E-state index contributed by atoms with van der Waals surface area (Å²) in [4.78, 5) is 24.3. The molecule has 0 fully saturated rings. The number of rotatable bonds is 6. The zero-order chi connectivity index (χ0) is 22.4. The van der Waals surface area contributed by atoms with Crippen LogP contribution in [0.4, 0.5) is 5.82 Å². The molecule has 0 aliphatic heterocycles. The number of carbonyl (C=O) groups excluding carboxylic acids is 2. The normalized spacial score (nSPS) is 11.5. The van der Waals surface area contributed by atoms with Crippen molar-refractivity contribution in [2.75, 3.05) is 11.9 Å². The monoisotopic (exact) mass is 437 g/mol. The summed E-state index contributed by atoms with van der Waals surface area (Å²) in [6.45, 7) is 5.73. The van der Waals surface area contributed by atoms with Gasteiger partial charge in [0.2, 0.25) is 0 Å². The Balaban J connectivity index is 1.65. The number of carbonyl (C=O) groups is 2. The van der Waals surface area contributed by atoms with Crippen LogP contribution in [-0.2, 0) is 19.7 Å². The average Bonchev–Trinajstić information content (AvgIpc) is 3.17. The minimum absolute atomic E-state index is 0.196. The van der Waals surface area contributed by atoms with Crippen LogP contribution in [0.25, 0.3) is 11.8 Å². The lowest BCUT2D eigenvalue weighted by molar-refractivity contribution is -0.142. The highest BCUT2D eigenvalue weighted by Crippen LogP contribution is 2.26.